The standard InChI is InChI=1S/C7H12N2O/c1-5-6(2)8-10-7(5)9(3)4/h1-4H3. The Hall–Kier alpha value is -0.990. The highest BCUT2D eigenvalue weighted by molar-refractivity contribution is 5.43. The molecule has 56 valence electrons. The van der Waals surface area contributed by atoms with Crippen molar-refractivity contribution in [2.45, 2.75) is 13.8 Å². The zero-order chi connectivity index (χ0) is 7.72. The summed E-state index contributed by atoms with van der Waals surface area (Å²) in [6.45, 7) is 3.94. The van der Waals surface area contributed by atoms with Gasteiger partial charge in [0.15, 0.2) is 0 Å². The maximum Gasteiger partial charge on any atom is 0.229 e. The molecular formula is C7H12N2O. The van der Waals surface area contributed by atoms with Crippen LogP contribution in [0.4, 0.5) is 5.88 Å². The zero-order valence-corrected chi connectivity index (χ0v) is 6.80. The Morgan fingerprint density at radius 2 is 1.90 bits per heavy atom. The van der Waals surface area contributed by atoms with E-state index in [1.54, 1.807) is 0 Å². The molecule has 0 N–H and O–H groups in total. The van der Waals surface area contributed by atoms with Gasteiger partial charge in [-0.1, -0.05) is 5.16 Å². The fourth-order valence-electron chi connectivity index (χ4n) is 0.820. The van der Waals surface area contributed by atoms with Crippen molar-refractivity contribution >= 4 is 5.88 Å². The van der Waals surface area contributed by atoms with Crippen molar-refractivity contribution in [1.82, 2.24) is 5.16 Å². The molecule has 0 aliphatic heterocycles. The minimum atomic E-state index is 0.845. The molecule has 0 bridgehead atoms. The van der Waals surface area contributed by atoms with Gasteiger partial charge in [0.1, 0.15) is 0 Å². The van der Waals surface area contributed by atoms with E-state index >= 15 is 0 Å². The lowest BCUT2D eigenvalue weighted by atomic mass is 10.3. The average Bonchev–Trinajstić information content (AvgIpc) is 2.14. The van der Waals surface area contributed by atoms with E-state index in [2.05, 4.69) is 5.16 Å². The van der Waals surface area contributed by atoms with Crippen LogP contribution in [0, 0.1) is 13.8 Å². The molecule has 0 saturated heterocycles. The second-order valence-corrected chi connectivity index (χ2v) is 2.59. The number of aryl methyl sites for hydroxylation is 1. The topological polar surface area (TPSA) is 29.3 Å². The largest absolute Gasteiger partial charge is 0.347 e. The molecule has 0 unspecified atom stereocenters. The summed E-state index contributed by atoms with van der Waals surface area (Å²) in [6.07, 6.45) is 0. The summed E-state index contributed by atoms with van der Waals surface area (Å²) < 4.78 is 5.03. The van der Waals surface area contributed by atoms with Crippen LogP contribution in [-0.2, 0) is 0 Å². The molecule has 1 rings (SSSR count). The van der Waals surface area contributed by atoms with Crippen LogP contribution in [0.15, 0.2) is 4.52 Å². The SMILES string of the molecule is Cc1noc(N(C)C)c1C. The highest BCUT2D eigenvalue weighted by atomic mass is 16.5. The van der Waals surface area contributed by atoms with E-state index in [0.29, 0.717) is 0 Å². The second kappa shape index (κ2) is 2.33. The van der Waals surface area contributed by atoms with Crippen LogP contribution in [-0.4, -0.2) is 19.3 Å². The average molecular weight is 140 g/mol. The Balaban J connectivity index is 3.05. The Morgan fingerprint density at radius 3 is 2.10 bits per heavy atom. The van der Waals surface area contributed by atoms with Crippen molar-refractivity contribution in [1.29, 1.82) is 0 Å². The van der Waals surface area contributed by atoms with E-state index in [9.17, 15) is 0 Å². The van der Waals surface area contributed by atoms with Crippen molar-refractivity contribution in [3.8, 4) is 0 Å². The molecule has 1 heterocycles. The third kappa shape index (κ3) is 0.988. The van der Waals surface area contributed by atoms with Crippen molar-refractivity contribution in [2.24, 2.45) is 0 Å². The van der Waals surface area contributed by atoms with Gasteiger partial charge in [-0.15, -0.1) is 0 Å². The summed E-state index contributed by atoms with van der Waals surface area (Å²) in [5, 5.41) is 3.82. The molecule has 0 aromatic carbocycles. The van der Waals surface area contributed by atoms with Crippen LogP contribution in [0.2, 0.25) is 0 Å². The molecule has 1 aromatic rings. The van der Waals surface area contributed by atoms with Gasteiger partial charge in [-0.25, -0.2) is 0 Å². The quantitative estimate of drug-likeness (QED) is 0.589. The minimum Gasteiger partial charge on any atom is -0.347 e. The van der Waals surface area contributed by atoms with Gasteiger partial charge in [0.25, 0.3) is 0 Å². The summed E-state index contributed by atoms with van der Waals surface area (Å²) in [6, 6.07) is 0. The first-order valence-electron chi connectivity index (χ1n) is 3.23. The molecular weight excluding hydrogens is 128 g/mol. The van der Waals surface area contributed by atoms with Crippen LogP contribution in [0.3, 0.4) is 0 Å². The lowest BCUT2D eigenvalue weighted by Crippen LogP contribution is -2.08. The molecule has 0 radical (unpaired) electrons. The van der Waals surface area contributed by atoms with Crippen molar-refractivity contribution < 1.29 is 4.52 Å². The molecule has 3 heteroatoms. The van der Waals surface area contributed by atoms with Crippen molar-refractivity contribution in [3.63, 3.8) is 0 Å². The highest BCUT2D eigenvalue weighted by Gasteiger charge is 2.08. The molecule has 0 atom stereocenters. The maximum atomic E-state index is 5.03. The summed E-state index contributed by atoms with van der Waals surface area (Å²) in [7, 11) is 3.87. The molecule has 10 heavy (non-hydrogen) atoms. The zero-order valence-electron chi connectivity index (χ0n) is 6.80. The molecule has 0 aliphatic carbocycles. The van der Waals surface area contributed by atoms with Gasteiger partial charge in [0.05, 0.1) is 5.69 Å². The first-order chi connectivity index (χ1) is 4.63. The van der Waals surface area contributed by atoms with E-state index in [0.717, 1.165) is 17.1 Å². The summed E-state index contributed by atoms with van der Waals surface area (Å²) in [5.74, 6) is 0.845. The Morgan fingerprint density at radius 1 is 1.30 bits per heavy atom. The number of hydrogen-bond acceptors (Lipinski definition) is 3. The monoisotopic (exact) mass is 140 g/mol. The molecule has 3 nitrogen and oxygen atoms in total. The molecule has 1 aromatic heterocycles. The maximum absolute atomic E-state index is 5.03. The third-order valence-corrected chi connectivity index (χ3v) is 1.54. The van der Waals surface area contributed by atoms with Crippen LogP contribution in [0.25, 0.3) is 0 Å². The van der Waals surface area contributed by atoms with Gasteiger partial charge >= 0.3 is 0 Å². The van der Waals surface area contributed by atoms with Crippen LogP contribution < -0.4 is 4.90 Å². The van der Waals surface area contributed by atoms with Gasteiger partial charge < -0.3 is 9.42 Å². The molecule has 0 saturated carbocycles. The lowest BCUT2D eigenvalue weighted by molar-refractivity contribution is 0.418. The van der Waals surface area contributed by atoms with E-state index in [1.165, 1.54) is 0 Å². The van der Waals surface area contributed by atoms with Gasteiger partial charge in [-0.2, -0.15) is 0 Å². The van der Waals surface area contributed by atoms with Gasteiger partial charge in [-0.3, -0.25) is 0 Å². The molecule has 0 amide bonds. The first kappa shape index (κ1) is 7.12. The smallest absolute Gasteiger partial charge is 0.229 e. The predicted molar refractivity (Wildman–Crippen MR) is 40.3 cm³/mol. The Kier molecular flexibility index (Phi) is 1.66. The van der Waals surface area contributed by atoms with Crippen LogP contribution in [0.1, 0.15) is 11.3 Å². The van der Waals surface area contributed by atoms with Crippen LogP contribution >= 0.6 is 0 Å². The first-order valence-corrected chi connectivity index (χ1v) is 3.23. The number of rotatable bonds is 1. The van der Waals surface area contributed by atoms with E-state index < -0.39 is 0 Å². The number of aromatic nitrogens is 1. The molecule has 0 fully saturated rings. The number of anilines is 1. The van der Waals surface area contributed by atoms with E-state index in [4.69, 9.17) is 4.52 Å². The summed E-state index contributed by atoms with van der Waals surface area (Å²) in [5.41, 5.74) is 2.08. The number of nitrogens with zero attached hydrogens (tertiary/aromatic N) is 2. The van der Waals surface area contributed by atoms with Crippen molar-refractivity contribution in [2.75, 3.05) is 19.0 Å². The van der Waals surface area contributed by atoms with E-state index in [1.807, 2.05) is 32.8 Å². The van der Waals surface area contributed by atoms with E-state index in [-0.39, 0.29) is 0 Å². The second-order valence-electron chi connectivity index (χ2n) is 2.59. The van der Waals surface area contributed by atoms with Crippen molar-refractivity contribution in [3.05, 3.63) is 11.3 Å². The molecule has 0 aliphatic rings. The normalized spacial score (nSPS) is 10.0. The molecule has 0 spiro atoms. The fourth-order valence-corrected chi connectivity index (χ4v) is 0.820. The van der Waals surface area contributed by atoms with Gasteiger partial charge in [0.2, 0.25) is 5.88 Å². The Bertz CT molecular complexity index is 228. The highest BCUT2D eigenvalue weighted by Crippen LogP contribution is 2.19. The third-order valence-electron chi connectivity index (χ3n) is 1.54. The van der Waals surface area contributed by atoms with Gasteiger partial charge in [0, 0.05) is 19.7 Å². The lowest BCUT2D eigenvalue weighted by Gasteiger charge is -2.06. The summed E-state index contributed by atoms with van der Waals surface area (Å²) >= 11 is 0. The van der Waals surface area contributed by atoms with Gasteiger partial charge in [-0.05, 0) is 13.8 Å². The number of hydrogen-bond donors (Lipinski definition) is 0. The fraction of sp³-hybridized carbons (Fsp3) is 0.571. The Labute approximate surface area is 60.6 Å². The summed E-state index contributed by atoms with van der Waals surface area (Å²) in [4.78, 5) is 1.91. The predicted octanol–water partition coefficient (Wildman–Crippen LogP) is 1.36. The minimum absolute atomic E-state index is 0.845. The van der Waals surface area contributed by atoms with Crippen LogP contribution in [0.5, 0.6) is 0 Å².